The van der Waals surface area contributed by atoms with E-state index in [2.05, 4.69) is 25.6 Å². The lowest BCUT2D eigenvalue weighted by Gasteiger charge is -2.41. The second-order valence-corrected chi connectivity index (χ2v) is 8.44. The molecule has 0 radical (unpaired) electrons. The number of benzene rings is 2. The first-order valence-corrected chi connectivity index (χ1v) is 10.1. The number of hydrogen-bond donors (Lipinski definition) is 0. The van der Waals surface area contributed by atoms with Gasteiger partial charge in [-0.1, -0.05) is 48.0 Å². The number of halogens is 1. The molecule has 2 aromatic carbocycles. The zero-order valence-electron chi connectivity index (χ0n) is 15.8. The van der Waals surface area contributed by atoms with Gasteiger partial charge >= 0.3 is 0 Å². The van der Waals surface area contributed by atoms with Crippen molar-refractivity contribution in [1.29, 1.82) is 0 Å². The number of rotatable bonds is 3. The Labute approximate surface area is 157 Å². The van der Waals surface area contributed by atoms with Gasteiger partial charge in [-0.3, -0.25) is 0 Å². The molecule has 0 spiro atoms. The molecule has 0 aromatic heterocycles. The highest BCUT2D eigenvalue weighted by molar-refractivity contribution is 5.64. The van der Waals surface area contributed by atoms with Crippen LogP contribution in [0.1, 0.15) is 55.6 Å². The predicted octanol–water partition coefficient (Wildman–Crippen LogP) is 7.29. The van der Waals surface area contributed by atoms with E-state index >= 15 is 0 Å². The number of hydrogen-bond acceptors (Lipinski definition) is 0. The van der Waals surface area contributed by atoms with Crippen LogP contribution in [0.25, 0.3) is 11.1 Å². The van der Waals surface area contributed by atoms with E-state index in [0.29, 0.717) is 11.5 Å². The Bertz CT molecular complexity index is 773. The number of aryl methyl sites for hydroxylation is 1. The Morgan fingerprint density at radius 3 is 2.38 bits per heavy atom. The van der Waals surface area contributed by atoms with Gasteiger partial charge in [0, 0.05) is 5.56 Å². The van der Waals surface area contributed by atoms with E-state index < -0.39 is 0 Å². The summed E-state index contributed by atoms with van der Waals surface area (Å²) in [6.45, 7) is 6.05. The van der Waals surface area contributed by atoms with Gasteiger partial charge in [-0.2, -0.15) is 0 Å². The van der Waals surface area contributed by atoms with Crippen molar-refractivity contribution in [2.75, 3.05) is 0 Å². The molecular formula is C25H29F. The fourth-order valence-corrected chi connectivity index (χ4v) is 5.19. The van der Waals surface area contributed by atoms with Gasteiger partial charge in [0.2, 0.25) is 0 Å². The molecule has 4 unspecified atom stereocenters. The van der Waals surface area contributed by atoms with Crippen LogP contribution in [0.5, 0.6) is 0 Å². The Kier molecular flexibility index (Phi) is 4.98. The summed E-state index contributed by atoms with van der Waals surface area (Å²) < 4.78 is 14.8. The summed E-state index contributed by atoms with van der Waals surface area (Å²) in [5.74, 6) is 2.85. The molecule has 136 valence electrons. The molecule has 4 atom stereocenters. The van der Waals surface area contributed by atoms with Crippen LogP contribution in [0.15, 0.2) is 55.1 Å². The third-order valence-electron chi connectivity index (χ3n) is 6.81. The first kappa shape index (κ1) is 17.5. The largest absolute Gasteiger partial charge is 0.206 e. The Morgan fingerprint density at radius 2 is 1.65 bits per heavy atom. The average Bonchev–Trinajstić information content (AvgIpc) is 2.68. The average molecular weight is 349 g/mol. The van der Waals surface area contributed by atoms with Crippen molar-refractivity contribution in [3.8, 4) is 11.1 Å². The van der Waals surface area contributed by atoms with Gasteiger partial charge in [0.05, 0.1) is 0 Å². The van der Waals surface area contributed by atoms with Crippen molar-refractivity contribution in [2.45, 2.75) is 51.4 Å². The standard InChI is InChI=1S/C25H29F/c1-3-18-6-9-21-15-22(11-10-20(21)14-18)23-12-13-24(25(26)16-23)19-7-4-17(2)5-8-19/h3-5,7-8,12-13,16,18,20-22H,1,6,9-11,14-15H2,2H3. The van der Waals surface area contributed by atoms with Gasteiger partial charge in [0.25, 0.3) is 0 Å². The van der Waals surface area contributed by atoms with Crippen molar-refractivity contribution in [3.05, 3.63) is 72.1 Å². The summed E-state index contributed by atoms with van der Waals surface area (Å²) in [6, 6.07) is 14.1. The van der Waals surface area contributed by atoms with Crippen LogP contribution in [0.4, 0.5) is 4.39 Å². The van der Waals surface area contributed by atoms with E-state index in [1.54, 1.807) is 6.07 Å². The Morgan fingerprint density at radius 1 is 0.923 bits per heavy atom. The Balaban J connectivity index is 1.50. The first-order chi connectivity index (χ1) is 12.6. The molecule has 2 fully saturated rings. The maximum atomic E-state index is 14.8. The molecule has 0 amide bonds. The minimum Gasteiger partial charge on any atom is -0.206 e. The first-order valence-electron chi connectivity index (χ1n) is 10.1. The summed E-state index contributed by atoms with van der Waals surface area (Å²) in [4.78, 5) is 0. The summed E-state index contributed by atoms with van der Waals surface area (Å²) in [6.07, 6.45) is 9.82. The van der Waals surface area contributed by atoms with E-state index in [1.165, 1.54) is 49.7 Å². The number of fused-ring (bicyclic) bond motifs is 1. The van der Waals surface area contributed by atoms with Gasteiger partial charge in [0.1, 0.15) is 5.82 Å². The van der Waals surface area contributed by atoms with Crippen LogP contribution in [-0.2, 0) is 0 Å². The van der Waals surface area contributed by atoms with Crippen molar-refractivity contribution >= 4 is 0 Å². The SMILES string of the molecule is C=CC1CCC2CC(c3ccc(-c4ccc(C)cc4)c(F)c3)CCC2C1. The van der Waals surface area contributed by atoms with Gasteiger partial charge in [0.15, 0.2) is 0 Å². The van der Waals surface area contributed by atoms with Crippen molar-refractivity contribution in [1.82, 2.24) is 0 Å². The quantitative estimate of drug-likeness (QED) is 0.511. The van der Waals surface area contributed by atoms with Crippen LogP contribution in [0, 0.1) is 30.5 Å². The van der Waals surface area contributed by atoms with Crippen LogP contribution < -0.4 is 0 Å². The molecule has 0 bridgehead atoms. The predicted molar refractivity (Wildman–Crippen MR) is 108 cm³/mol. The minimum atomic E-state index is -0.0798. The minimum absolute atomic E-state index is 0.0798. The van der Waals surface area contributed by atoms with Gasteiger partial charge in [-0.25, -0.2) is 4.39 Å². The molecule has 1 heteroatoms. The molecule has 2 aliphatic rings. The molecule has 2 aromatic rings. The molecule has 4 rings (SSSR count). The second-order valence-electron chi connectivity index (χ2n) is 8.44. The fourth-order valence-electron chi connectivity index (χ4n) is 5.19. The molecule has 0 nitrogen and oxygen atoms in total. The second kappa shape index (κ2) is 7.39. The topological polar surface area (TPSA) is 0 Å². The lowest BCUT2D eigenvalue weighted by molar-refractivity contribution is 0.133. The summed E-state index contributed by atoms with van der Waals surface area (Å²) in [5, 5.41) is 0. The Hall–Kier alpha value is -1.89. The molecule has 0 aliphatic heterocycles. The van der Waals surface area contributed by atoms with Gasteiger partial charge < -0.3 is 0 Å². The van der Waals surface area contributed by atoms with Gasteiger partial charge in [-0.05, 0) is 86.3 Å². The van der Waals surface area contributed by atoms with Crippen LogP contribution >= 0.6 is 0 Å². The molecular weight excluding hydrogens is 319 g/mol. The highest BCUT2D eigenvalue weighted by Crippen LogP contribution is 2.48. The third kappa shape index (κ3) is 3.49. The fraction of sp³-hybridized carbons (Fsp3) is 0.440. The van der Waals surface area contributed by atoms with Crippen molar-refractivity contribution in [2.24, 2.45) is 17.8 Å². The van der Waals surface area contributed by atoms with E-state index in [9.17, 15) is 4.39 Å². The van der Waals surface area contributed by atoms with Crippen LogP contribution in [-0.4, -0.2) is 0 Å². The van der Waals surface area contributed by atoms with E-state index in [-0.39, 0.29) is 5.82 Å². The molecule has 0 N–H and O–H groups in total. The molecule has 2 saturated carbocycles. The zero-order valence-corrected chi connectivity index (χ0v) is 15.8. The summed E-state index contributed by atoms with van der Waals surface area (Å²) in [7, 11) is 0. The highest BCUT2D eigenvalue weighted by Gasteiger charge is 2.35. The molecule has 2 aliphatic carbocycles. The summed E-state index contributed by atoms with van der Waals surface area (Å²) >= 11 is 0. The maximum Gasteiger partial charge on any atom is 0.131 e. The molecule has 0 saturated heterocycles. The van der Waals surface area contributed by atoms with E-state index in [4.69, 9.17) is 0 Å². The lowest BCUT2D eigenvalue weighted by Crippen LogP contribution is -2.29. The maximum absolute atomic E-state index is 14.8. The smallest absolute Gasteiger partial charge is 0.131 e. The number of allylic oxidation sites excluding steroid dienone is 1. The van der Waals surface area contributed by atoms with Crippen molar-refractivity contribution < 1.29 is 4.39 Å². The molecule has 0 heterocycles. The zero-order chi connectivity index (χ0) is 18.1. The van der Waals surface area contributed by atoms with Crippen LogP contribution in [0.3, 0.4) is 0 Å². The van der Waals surface area contributed by atoms with Crippen LogP contribution in [0.2, 0.25) is 0 Å². The van der Waals surface area contributed by atoms with E-state index in [0.717, 1.165) is 23.3 Å². The lowest BCUT2D eigenvalue weighted by atomic mass is 9.64. The normalized spacial score (nSPS) is 28.4. The monoisotopic (exact) mass is 348 g/mol. The molecule has 26 heavy (non-hydrogen) atoms. The van der Waals surface area contributed by atoms with Crippen molar-refractivity contribution in [3.63, 3.8) is 0 Å². The van der Waals surface area contributed by atoms with Gasteiger partial charge in [-0.15, -0.1) is 6.58 Å². The highest BCUT2D eigenvalue weighted by atomic mass is 19.1. The third-order valence-corrected chi connectivity index (χ3v) is 6.81. The summed E-state index contributed by atoms with van der Waals surface area (Å²) in [5.41, 5.74) is 4.08. The van der Waals surface area contributed by atoms with E-state index in [1.807, 2.05) is 30.3 Å².